The van der Waals surface area contributed by atoms with Crippen molar-refractivity contribution in [2.24, 2.45) is 0 Å². The van der Waals surface area contributed by atoms with Crippen LogP contribution in [0.15, 0.2) is 0 Å². The fourth-order valence-electron chi connectivity index (χ4n) is 2.00. The Morgan fingerprint density at radius 3 is 1.62 bits per heavy atom. The zero-order chi connectivity index (χ0) is 12.5. The fourth-order valence-corrected chi connectivity index (χ4v) is 2.00. The maximum Gasteiger partial charge on any atom is 0.122 e. The molecule has 1 aliphatic carbocycles. The summed E-state index contributed by atoms with van der Waals surface area (Å²) in [6, 6.07) is 0. The lowest BCUT2D eigenvalue weighted by Gasteiger charge is -2.47. The molecule has 96 valence electrons. The van der Waals surface area contributed by atoms with Gasteiger partial charge in [-0.2, -0.15) is 0 Å². The Hall–Kier alpha value is -0.280. The molecule has 1 saturated carbocycles. The third kappa shape index (κ3) is 2.07. The fraction of sp³-hybridized carbons (Fsp3) is 1.00. The first kappa shape index (κ1) is 13.8. The third-order valence-electron chi connectivity index (χ3n) is 3.11. The molecule has 0 aromatic rings. The molecular weight excluding hydrogens is 220 g/mol. The lowest BCUT2D eigenvalue weighted by Crippen LogP contribution is -2.70. The monoisotopic (exact) mass is 238 g/mol. The molecule has 0 spiro atoms. The molecule has 6 atom stereocenters. The predicted molar refractivity (Wildman–Crippen MR) is 51.3 cm³/mol. The van der Waals surface area contributed by atoms with Crippen molar-refractivity contribution < 1.29 is 35.7 Å². The van der Waals surface area contributed by atoms with Gasteiger partial charge in [0.1, 0.15) is 36.1 Å². The normalized spacial score (nSPS) is 49.3. The summed E-state index contributed by atoms with van der Waals surface area (Å²) >= 11 is 0. The molecule has 0 bridgehead atoms. The van der Waals surface area contributed by atoms with Gasteiger partial charge in [-0.05, 0) is 12.8 Å². The standard InChI is InChI=1S/C9H18O7/c10-3-1-2-9(16)7(14)5(12)4(11)6(13)8(9)15/h4-8,10-16H,1-3H2/t4-,5?,6?,7+,8?,9-/m1/s1. The summed E-state index contributed by atoms with van der Waals surface area (Å²) in [5, 5.41) is 65.7. The minimum Gasteiger partial charge on any atom is -0.396 e. The lowest BCUT2D eigenvalue weighted by molar-refractivity contribution is -0.270. The second kappa shape index (κ2) is 4.92. The van der Waals surface area contributed by atoms with Gasteiger partial charge in [0.2, 0.25) is 0 Å². The third-order valence-corrected chi connectivity index (χ3v) is 3.11. The van der Waals surface area contributed by atoms with Crippen molar-refractivity contribution in [1.29, 1.82) is 0 Å². The summed E-state index contributed by atoms with van der Waals surface area (Å²) in [4.78, 5) is 0. The Labute approximate surface area is 92.2 Å². The molecule has 7 heteroatoms. The number of hydrogen-bond donors (Lipinski definition) is 7. The Morgan fingerprint density at radius 1 is 0.812 bits per heavy atom. The van der Waals surface area contributed by atoms with E-state index in [1.165, 1.54) is 0 Å². The predicted octanol–water partition coefficient (Wildman–Crippen LogP) is -3.69. The zero-order valence-electron chi connectivity index (χ0n) is 8.64. The molecule has 0 aromatic heterocycles. The SMILES string of the molecule is OCCC[C@]1(O)C(O)C(O)[C@H](O)C(O)[C@@H]1O. The van der Waals surface area contributed by atoms with E-state index >= 15 is 0 Å². The Morgan fingerprint density at radius 2 is 1.25 bits per heavy atom. The molecule has 16 heavy (non-hydrogen) atoms. The smallest absolute Gasteiger partial charge is 0.122 e. The number of aliphatic hydroxyl groups excluding tert-OH is 6. The summed E-state index contributed by atoms with van der Waals surface area (Å²) in [5.41, 5.74) is -2.14. The van der Waals surface area contributed by atoms with Crippen LogP contribution in [0.1, 0.15) is 12.8 Å². The van der Waals surface area contributed by atoms with Gasteiger partial charge in [-0.3, -0.25) is 0 Å². The summed E-state index contributed by atoms with van der Waals surface area (Å²) < 4.78 is 0. The van der Waals surface area contributed by atoms with Crippen molar-refractivity contribution in [2.45, 2.75) is 49.0 Å². The molecule has 1 aliphatic rings. The van der Waals surface area contributed by atoms with E-state index < -0.39 is 36.1 Å². The first-order valence-corrected chi connectivity index (χ1v) is 5.10. The maximum atomic E-state index is 9.96. The quantitative estimate of drug-likeness (QED) is 0.268. The molecule has 0 amide bonds. The van der Waals surface area contributed by atoms with Crippen molar-refractivity contribution in [3.63, 3.8) is 0 Å². The second-order valence-electron chi connectivity index (χ2n) is 4.18. The van der Waals surface area contributed by atoms with Crippen LogP contribution < -0.4 is 0 Å². The van der Waals surface area contributed by atoms with Crippen LogP contribution in [0.4, 0.5) is 0 Å². The van der Waals surface area contributed by atoms with Gasteiger partial charge in [-0.25, -0.2) is 0 Å². The number of aliphatic hydroxyl groups is 7. The molecule has 3 unspecified atom stereocenters. The lowest BCUT2D eigenvalue weighted by atomic mass is 9.72. The van der Waals surface area contributed by atoms with Crippen LogP contribution in [0.25, 0.3) is 0 Å². The molecule has 7 nitrogen and oxygen atoms in total. The molecule has 0 aromatic carbocycles. The highest BCUT2D eigenvalue weighted by Crippen LogP contribution is 2.33. The maximum absolute atomic E-state index is 9.96. The largest absolute Gasteiger partial charge is 0.396 e. The average molecular weight is 238 g/mol. The van der Waals surface area contributed by atoms with Gasteiger partial charge >= 0.3 is 0 Å². The van der Waals surface area contributed by atoms with Gasteiger partial charge in [0.05, 0.1) is 0 Å². The Balaban J connectivity index is 2.88. The minimum absolute atomic E-state index is 0.0835. The van der Waals surface area contributed by atoms with Crippen LogP contribution in [0.5, 0.6) is 0 Å². The second-order valence-corrected chi connectivity index (χ2v) is 4.18. The van der Waals surface area contributed by atoms with E-state index in [4.69, 9.17) is 5.11 Å². The van der Waals surface area contributed by atoms with Crippen molar-refractivity contribution in [3.8, 4) is 0 Å². The Kier molecular flexibility index (Phi) is 4.24. The highest BCUT2D eigenvalue weighted by molar-refractivity contribution is 5.08. The van der Waals surface area contributed by atoms with Crippen molar-refractivity contribution in [3.05, 3.63) is 0 Å². The van der Waals surface area contributed by atoms with Crippen LogP contribution >= 0.6 is 0 Å². The van der Waals surface area contributed by atoms with Gasteiger partial charge in [0.15, 0.2) is 0 Å². The van der Waals surface area contributed by atoms with Crippen LogP contribution in [0, 0.1) is 0 Å². The molecular formula is C9H18O7. The molecule has 0 saturated heterocycles. The average Bonchev–Trinajstić information content (AvgIpc) is 2.29. The van der Waals surface area contributed by atoms with Crippen LogP contribution in [-0.2, 0) is 0 Å². The highest BCUT2D eigenvalue weighted by atomic mass is 16.4. The van der Waals surface area contributed by atoms with Crippen molar-refractivity contribution in [1.82, 2.24) is 0 Å². The van der Waals surface area contributed by atoms with Gasteiger partial charge in [0.25, 0.3) is 0 Å². The summed E-state index contributed by atoms with van der Waals surface area (Å²) in [5.74, 6) is 0. The number of hydrogen-bond acceptors (Lipinski definition) is 7. The molecule has 1 fully saturated rings. The molecule has 0 heterocycles. The van der Waals surface area contributed by atoms with Crippen molar-refractivity contribution in [2.75, 3.05) is 6.61 Å². The van der Waals surface area contributed by atoms with E-state index in [0.717, 1.165) is 0 Å². The van der Waals surface area contributed by atoms with Crippen LogP contribution in [0.3, 0.4) is 0 Å². The highest BCUT2D eigenvalue weighted by Gasteiger charge is 2.56. The number of rotatable bonds is 3. The first-order valence-electron chi connectivity index (χ1n) is 5.10. The van der Waals surface area contributed by atoms with Crippen LogP contribution in [0.2, 0.25) is 0 Å². The van der Waals surface area contributed by atoms with E-state index in [9.17, 15) is 30.6 Å². The van der Waals surface area contributed by atoms with Crippen molar-refractivity contribution >= 4 is 0 Å². The van der Waals surface area contributed by atoms with E-state index in [0.29, 0.717) is 0 Å². The minimum atomic E-state index is -2.14. The van der Waals surface area contributed by atoms with Gasteiger partial charge in [0, 0.05) is 6.61 Å². The van der Waals surface area contributed by atoms with E-state index in [1.54, 1.807) is 0 Å². The summed E-state index contributed by atoms with van der Waals surface area (Å²) in [6.07, 6.45) is -8.91. The summed E-state index contributed by atoms with van der Waals surface area (Å²) in [7, 11) is 0. The topological polar surface area (TPSA) is 142 Å². The summed E-state index contributed by atoms with van der Waals surface area (Å²) in [6.45, 7) is -0.267. The molecule has 7 N–H and O–H groups in total. The van der Waals surface area contributed by atoms with E-state index in [1.807, 2.05) is 0 Å². The molecule has 0 aliphatic heterocycles. The molecule has 1 rings (SSSR count). The first-order chi connectivity index (χ1) is 7.36. The Bertz CT molecular complexity index is 218. The van der Waals surface area contributed by atoms with E-state index in [-0.39, 0.29) is 19.4 Å². The van der Waals surface area contributed by atoms with E-state index in [2.05, 4.69) is 0 Å². The van der Waals surface area contributed by atoms with Crippen LogP contribution in [-0.4, -0.2) is 78.5 Å². The van der Waals surface area contributed by atoms with Gasteiger partial charge in [-0.15, -0.1) is 0 Å². The zero-order valence-corrected chi connectivity index (χ0v) is 8.64. The van der Waals surface area contributed by atoms with Gasteiger partial charge < -0.3 is 35.7 Å². The molecule has 0 radical (unpaired) electrons. The van der Waals surface area contributed by atoms with Gasteiger partial charge in [-0.1, -0.05) is 0 Å².